The van der Waals surface area contributed by atoms with E-state index in [1.807, 2.05) is 50.5 Å². The van der Waals surface area contributed by atoms with E-state index in [0.29, 0.717) is 0 Å². The summed E-state index contributed by atoms with van der Waals surface area (Å²) in [7, 11) is -8.04. The third kappa shape index (κ3) is 18.5. The van der Waals surface area contributed by atoms with Crippen LogP contribution in [0.5, 0.6) is 0 Å². The fourth-order valence-corrected chi connectivity index (χ4v) is 2.60. The zero-order chi connectivity index (χ0) is 20.1. The molecule has 0 saturated heterocycles. The Balaban J connectivity index is 0.000000381. The molecule has 0 spiro atoms. The molecule has 2 rings (SSSR count). The van der Waals surface area contributed by atoms with Crippen LogP contribution in [-0.4, -0.2) is 47.4 Å². The van der Waals surface area contributed by atoms with Crippen molar-refractivity contribution in [2.75, 3.05) is 11.5 Å². The van der Waals surface area contributed by atoms with Gasteiger partial charge in [0.25, 0.3) is 20.2 Å². The summed E-state index contributed by atoms with van der Waals surface area (Å²) in [6.07, 6.45) is 7.23. The van der Waals surface area contributed by atoms with Crippen LogP contribution in [-0.2, 0) is 20.2 Å². The normalized spacial score (nSPS) is 10.8. The molecule has 0 unspecified atom stereocenters. The van der Waals surface area contributed by atoms with Gasteiger partial charge in [0, 0.05) is 24.8 Å². The maximum Gasteiger partial charge on any atom is 0.264 e. The minimum Gasteiger partial charge on any atom is -0.286 e. The molecule has 2 N–H and O–H groups in total. The van der Waals surface area contributed by atoms with E-state index in [0.717, 1.165) is 0 Å². The molecule has 0 atom stereocenters. The molecule has 0 aliphatic carbocycles. The minimum atomic E-state index is -4.02. The van der Waals surface area contributed by atoms with Gasteiger partial charge < -0.3 is 0 Å². The van der Waals surface area contributed by atoms with Crippen molar-refractivity contribution in [3.05, 3.63) is 60.2 Å². The smallest absolute Gasteiger partial charge is 0.264 e. The van der Waals surface area contributed by atoms with Gasteiger partial charge in [0.15, 0.2) is 0 Å². The molecule has 146 valence electrons. The van der Waals surface area contributed by atoms with Gasteiger partial charge in [-0.25, -0.2) is 0 Å². The lowest BCUT2D eigenvalue weighted by atomic mass is 10.3. The summed E-state index contributed by atoms with van der Waals surface area (Å²) in [5.41, 5.74) is 2.42. The van der Waals surface area contributed by atoms with Crippen molar-refractivity contribution in [1.82, 2.24) is 9.97 Å². The first-order valence-corrected chi connectivity index (χ1v) is 10.8. The molecule has 0 radical (unpaired) electrons. The molecule has 8 nitrogen and oxygen atoms in total. The first kappa shape index (κ1) is 24.1. The van der Waals surface area contributed by atoms with Crippen LogP contribution in [0.4, 0.5) is 0 Å². The Morgan fingerprint density at radius 3 is 1.27 bits per heavy atom. The maximum absolute atomic E-state index is 10.1. The first-order valence-electron chi connectivity index (χ1n) is 7.63. The van der Waals surface area contributed by atoms with Crippen LogP contribution in [0.2, 0.25) is 0 Å². The van der Waals surface area contributed by atoms with Gasteiger partial charge in [-0.2, -0.15) is 16.8 Å². The number of aryl methyl sites for hydroxylation is 2. The number of rotatable bonds is 5. The van der Waals surface area contributed by atoms with Gasteiger partial charge in [-0.15, -0.1) is 0 Å². The van der Waals surface area contributed by atoms with E-state index in [2.05, 4.69) is 9.97 Å². The van der Waals surface area contributed by atoms with Crippen molar-refractivity contribution in [2.24, 2.45) is 0 Å². The summed E-state index contributed by atoms with van der Waals surface area (Å²) in [5, 5.41) is 0. The van der Waals surface area contributed by atoms with E-state index in [-0.39, 0.29) is 12.8 Å². The van der Waals surface area contributed by atoms with Gasteiger partial charge in [-0.05, 0) is 49.9 Å². The van der Waals surface area contributed by atoms with Crippen molar-refractivity contribution in [2.45, 2.75) is 26.7 Å². The molecule has 2 aromatic rings. The monoisotopic (exact) mass is 404 g/mol. The summed E-state index contributed by atoms with van der Waals surface area (Å²) in [4.78, 5) is 7.77. The molecule has 0 aliphatic rings. The van der Waals surface area contributed by atoms with Crippen molar-refractivity contribution < 1.29 is 25.9 Å². The Morgan fingerprint density at radius 2 is 1.12 bits per heavy atom. The Hall–Kier alpha value is -1.88. The molecule has 10 heteroatoms. The molecule has 0 amide bonds. The third-order valence-electron chi connectivity index (χ3n) is 2.67. The van der Waals surface area contributed by atoms with Crippen LogP contribution < -0.4 is 0 Å². The second kappa shape index (κ2) is 12.5. The predicted octanol–water partition coefficient (Wildman–Crippen LogP) is 2.32. The summed E-state index contributed by atoms with van der Waals surface area (Å²) in [5.74, 6) is -0.967. The Bertz CT molecular complexity index is 739. The lowest BCUT2D eigenvalue weighted by molar-refractivity contribution is 0.473. The molecular formula is C16H24N2O6S2. The highest BCUT2D eigenvalue weighted by Crippen LogP contribution is 1.96. The highest BCUT2D eigenvalue weighted by Gasteiger charge is 2.07. The average Bonchev–Trinajstić information content (AvgIpc) is 2.53. The predicted molar refractivity (Wildman–Crippen MR) is 100 cm³/mol. The zero-order valence-electron chi connectivity index (χ0n) is 14.7. The highest BCUT2D eigenvalue weighted by atomic mass is 32.2. The largest absolute Gasteiger partial charge is 0.286 e. The van der Waals surface area contributed by atoms with Crippen LogP contribution >= 0.6 is 0 Å². The maximum atomic E-state index is 10.1. The second-order valence-corrected chi connectivity index (χ2v) is 8.48. The van der Waals surface area contributed by atoms with Crippen molar-refractivity contribution in [1.29, 1.82) is 0 Å². The van der Waals surface area contributed by atoms with E-state index in [9.17, 15) is 16.8 Å². The Kier molecular flexibility index (Phi) is 11.6. The van der Waals surface area contributed by atoms with Gasteiger partial charge in [-0.1, -0.05) is 12.1 Å². The quantitative estimate of drug-likeness (QED) is 0.572. The average molecular weight is 405 g/mol. The lowest BCUT2D eigenvalue weighted by Gasteiger charge is -1.96. The molecule has 0 aliphatic heterocycles. The van der Waals surface area contributed by atoms with Crippen LogP contribution in [0.25, 0.3) is 0 Å². The summed E-state index contributed by atoms with van der Waals surface area (Å²) >= 11 is 0. The first-order chi connectivity index (χ1) is 12.0. The van der Waals surface area contributed by atoms with E-state index in [1.165, 1.54) is 11.1 Å². The van der Waals surface area contributed by atoms with Gasteiger partial charge in [0.05, 0.1) is 11.5 Å². The Morgan fingerprint density at radius 1 is 0.769 bits per heavy atom. The third-order valence-corrected chi connectivity index (χ3v) is 4.28. The number of unbranched alkanes of at least 4 members (excludes halogenated alkanes) is 1. The van der Waals surface area contributed by atoms with E-state index in [4.69, 9.17) is 9.11 Å². The number of hydrogen-bond acceptors (Lipinski definition) is 6. The molecule has 2 heterocycles. The van der Waals surface area contributed by atoms with Crippen molar-refractivity contribution in [3.63, 3.8) is 0 Å². The molecular weight excluding hydrogens is 380 g/mol. The van der Waals surface area contributed by atoms with Gasteiger partial charge >= 0.3 is 0 Å². The van der Waals surface area contributed by atoms with Crippen LogP contribution in [0.1, 0.15) is 24.0 Å². The zero-order valence-corrected chi connectivity index (χ0v) is 16.3. The molecule has 0 aromatic carbocycles. The topological polar surface area (TPSA) is 135 Å². The van der Waals surface area contributed by atoms with Gasteiger partial charge in [0.2, 0.25) is 0 Å². The van der Waals surface area contributed by atoms with Crippen LogP contribution in [0.15, 0.2) is 49.1 Å². The second-order valence-electron chi connectivity index (χ2n) is 5.34. The SMILES string of the molecule is Cc1cccnc1.Cc1cccnc1.O=S(=O)(O)CCCCS(=O)(=O)O. The van der Waals surface area contributed by atoms with E-state index in [1.54, 1.807) is 12.4 Å². The molecule has 0 fully saturated rings. The minimum absolute atomic E-state index is 0.0125. The van der Waals surface area contributed by atoms with Gasteiger partial charge in [0.1, 0.15) is 0 Å². The fourth-order valence-electron chi connectivity index (χ4n) is 1.47. The number of aromatic nitrogens is 2. The van der Waals surface area contributed by atoms with Crippen LogP contribution in [0, 0.1) is 13.8 Å². The Labute approximate surface area is 154 Å². The standard InChI is InChI=1S/2C6H7N.C4H10O6S2/c2*1-6-3-2-4-7-5-6;5-11(6,7)3-1-2-4-12(8,9)10/h2*2-5H,1H3;1-4H2,(H,5,6,7)(H,8,9,10). The lowest BCUT2D eigenvalue weighted by Crippen LogP contribution is -2.08. The molecule has 2 aromatic heterocycles. The molecule has 26 heavy (non-hydrogen) atoms. The van der Waals surface area contributed by atoms with Crippen molar-refractivity contribution >= 4 is 20.2 Å². The van der Waals surface area contributed by atoms with Crippen molar-refractivity contribution in [3.8, 4) is 0 Å². The molecule has 0 saturated carbocycles. The summed E-state index contributed by atoms with van der Waals surface area (Å²) in [6, 6.07) is 7.89. The molecule has 0 bridgehead atoms. The van der Waals surface area contributed by atoms with Crippen LogP contribution in [0.3, 0.4) is 0 Å². The van der Waals surface area contributed by atoms with E-state index >= 15 is 0 Å². The number of hydrogen-bond donors (Lipinski definition) is 2. The number of pyridine rings is 2. The highest BCUT2D eigenvalue weighted by molar-refractivity contribution is 7.86. The summed E-state index contributed by atoms with van der Waals surface area (Å²) < 4.78 is 56.8. The van der Waals surface area contributed by atoms with Gasteiger partial charge in [-0.3, -0.25) is 19.1 Å². The summed E-state index contributed by atoms with van der Waals surface area (Å²) in [6.45, 7) is 4.04. The fraction of sp³-hybridized carbons (Fsp3) is 0.375. The van der Waals surface area contributed by atoms with E-state index < -0.39 is 31.7 Å². The number of nitrogens with zero attached hydrogens (tertiary/aromatic N) is 2.